The van der Waals surface area contributed by atoms with E-state index in [0.29, 0.717) is 4.90 Å². The number of anilines is 1. The summed E-state index contributed by atoms with van der Waals surface area (Å²) in [5.41, 5.74) is -0.221. The lowest BCUT2D eigenvalue weighted by Crippen LogP contribution is -2.45. The van der Waals surface area contributed by atoms with Crippen LogP contribution in [0.2, 0.25) is 5.02 Å². The molecule has 3 rings (SSSR count). The highest BCUT2D eigenvalue weighted by Gasteiger charge is 2.50. The van der Waals surface area contributed by atoms with Crippen molar-refractivity contribution in [2.45, 2.75) is 12.5 Å². The molecule has 1 unspecified atom stereocenters. The van der Waals surface area contributed by atoms with Crippen molar-refractivity contribution in [1.82, 2.24) is 4.90 Å². The number of fused-ring (bicyclic) bond motifs is 1. The van der Waals surface area contributed by atoms with Crippen molar-refractivity contribution in [3.63, 3.8) is 0 Å². The molecular weight excluding hydrogens is 323 g/mol. The first-order valence-corrected chi connectivity index (χ1v) is 8.30. The second-order valence-corrected chi connectivity index (χ2v) is 7.49. The number of hydrogen-bond donors (Lipinski definition) is 0. The number of urea groups is 1. The summed E-state index contributed by atoms with van der Waals surface area (Å²) in [4.78, 5) is 26.2. The molecule has 0 aliphatic carbocycles. The molecular formula is C12H10ClFN2O4S. The maximum atomic E-state index is 13.9. The number of benzene rings is 1. The summed E-state index contributed by atoms with van der Waals surface area (Å²) < 4.78 is 37.1. The van der Waals surface area contributed by atoms with Crippen LogP contribution in [0.5, 0.6) is 0 Å². The van der Waals surface area contributed by atoms with E-state index in [-0.39, 0.29) is 22.9 Å². The first-order valence-electron chi connectivity index (χ1n) is 6.10. The number of carbonyl (C=O) groups excluding carboxylic acids is 2. The van der Waals surface area contributed by atoms with Gasteiger partial charge in [-0.1, -0.05) is 11.6 Å². The molecule has 0 bridgehead atoms. The summed E-state index contributed by atoms with van der Waals surface area (Å²) in [6.07, 6.45) is 0.0264. The second kappa shape index (κ2) is 4.67. The van der Waals surface area contributed by atoms with Crippen molar-refractivity contribution in [3.8, 4) is 0 Å². The Morgan fingerprint density at radius 2 is 2.00 bits per heavy atom. The summed E-state index contributed by atoms with van der Waals surface area (Å²) in [5.74, 6) is -2.11. The van der Waals surface area contributed by atoms with Gasteiger partial charge in [0.2, 0.25) is 0 Å². The Morgan fingerprint density at radius 1 is 1.29 bits per heavy atom. The van der Waals surface area contributed by atoms with Crippen molar-refractivity contribution in [3.05, 3.63) is 29.0 Å². The Labute approximate surface area is 125 Å². The molecule has 2 saturated heterocycles. The van der Waals surface area contributed by atoms with Gasteiger partial charge in [0, 0.05) is 5.02 Å². The number of sulfone groups is 1. The van der Waals surface area contributed by atoms with Crippen LogP contribution in [-0.4, -0.2) is 42.9 Å². The molecule has 0 aromatic heterocycles. The van der Waals surface area contributed by atoms with Crippen LogP contribution in [0, 0.1) is 5.82 Å². The molecule has 9 heteroatoms. The lowest BCUT2D eigenvalue weighted by atomic mass is 10.2. The van der Waals surface area contributed by atoms with Gasteiger partial charge in [-0.2, -0.15) is 0 Å². The summed E-state index contributed by atoms with van der Waals surface area (Å²) in [6.45, 7) is 0. The Kier molecular flexibility index (Phi) is 3.18. The van der Waals surface area contributed by atoms with Crippen molar-refractivity contribution in [1.29, 1.82) is 0 Å². The third-order valence-corrected chi connectivity index (χ3v) is 5.27. The fourth-order valence-corrected chi connectivity index (χ4v) is 4.10. The standard InChI is InChI=1S/C12H10ClFN2O4S/c13-7-1-2-9(8(14)5-7)16-11(17)10-3-4-21(19,20)6-15(10)12(16)18/h1-2,5,10H,3-4,6H2. The van der Waals surface area contributed by atoms with Gasteiger partial charge in [0.15, 0.2) is 9.84 Å². The van der Waals surface area contributed by atoms with Crippen LogP contribution >= 0.6 is 11.6 Å². The Balaban J connectivity index is 2.01. The normalized spacial score (nSPS) is 24.4. The van der Waals surface area contributed by atoms with E-state index in [9.17, 15) is 22.4 Å². The van der Waals surface area contributed by atoms with E-state index in [4.69, 9.17) is 11.6 Å². The molecule has 2 aliphatic heterocycles. The molecule has 2 fully saturated rings. The van der Waals surface area contributed by atoms with E-state index in [2.05, 4.69) is 0 Å². The molecule has 21 heavy (non-hydrogen) atoms. The molecule has 3 amide bonds. The first-order chi connectivity index (χ1) is 9.80. The van der Waals surface area contributed by atoms with E-state index in [1.165, 1.54) is 12.1 Å². The quantitative estimate of drug-likeness (QED) is 0.728. The summed E-state index contributed by atoms with van der Waals surface area (Å²) in [5, 5.41) is 0.135. The lowest BCUT2D eigenvalue weighted by Gasteiger charge is -2.25. The van der Waals surface area contributed by atoms with E-state index >= 15 is 0 Å². The molecule has 2 aliphatic rings. The van der Waals surface area contributed by atoms with Crippen LogP contribution in [0.15, 0.2) is 18.2 Å². The van der Waals surface area contributed by atoms with Gasteiger partial charge >= 0.3 is 6.03 Å². The van der Waals surface area contributed by atoms with Crippen LogP contribution in [-0.2, 0) is 14.6 Å². The molecule has 112 valence electrons. The van der Waals surface area contributed by atoms with E-state index < -0.39 is 39.5 Å². The number of nitrogens with zero attached hydrogens (tertiary/aromatic N) is 2. The summed E-state index contributed by atoms with van der Waals surface area (Å²) in [7, 11) is -3.40. The predicted octanol–water partition coefficient (Wildman–Crippen LogP) is 1.39. The monoisotopic (exact) mass is 332 g/mol. The van der Waals surface area contributed by atoms with E-state index in [0.717, 1.165) is 11.0 Å². The number of imide groups is 1. The third kappa shape index (κ3) is 2.28. The Bertz CT molecular complexity index is 752. The zero-order valence-electron chi connectivity index (χ0n) is 10.6. The predicted molar refractivity (Wildman–Crippen MR) is 73.2 cm³/mol. The number of rotatable bonds is 1. The van der Waals surface area contributed by atoms with Gasteiger partial charge in [0.25, 0.3) is 5.91 Å². The lowest BCUT2D eigenvalue weighted by molar-refractivity contribution is -0.119. The summed E-state index contributed by atoms with van der Waals surface area (Å²) in [6, 6.07) is 1.89. The highest BCUT2D eigenvalue weighted by Crippen LogP contribution is 2.32. The van der Waals surface area contributed by atoms with Gasteiger partial charge in [0.1, 0.15) is 17.7 Å². The average molecular weight is 333 g/mol. The Hall–Kier alpha value is -1.67. The fourth-order valence-electron chi connectivity index (χ4n) is 2.51. The first kappa shape index (κ1) is 14.3. The van der Waals surface area contributed by atoms with Gasteiger partial charge in [-0.3, -0.25) is 9.69 Å². The number of hydrogen-bond acceptors (Lipinski definition) is 4. The highest BCUT2D eigenvalue weighted by molar-refractivity contribution is 7.91. The molecule has 0 spiro atoms. The molecule has 0 saturated carbocycles. The van der Waals surface area contributed by atoms with Gasteiger partial charge in [-0.05, 0) is 24.6 Å². The maximum Gasteiger partial charge on any atom is 0.333 e. The van der Waals surface area contributed by atoms with Crippen molar-refractivity contribution in [2.24, 2.45) is 0 Å². The van der Waals surface area contributed by atoms with Crippen LogP contribution in [0.4, 0.5) is 14.9 Å². The third-order valence-electron chi connectivity index (χ3n) is 3.51. The Morgan fingerprint density at radius 3 is 2.67 bits per heavy atom. The van der Waals surface area contributed by atoms with Crippen LogP contribution < -0.4 is 4.90 Å². The van der Waals surface area contributed by atoms with Gasteiger partial charge in [0.05, 0.1) is 11.4 Å². The summed E-state index contributed by atoms with van der Waals surface area (Å²) >= 11 is 5.64. The molecule has 6 nitrogen and oxygen atoms in total. The van der Waals surface area contributed by atoms with Crippen LogP contribution in [0.3, 0.4) is 0 Å². The van der Waals surface area contributed by atoms with E-state index in [1.54, 1.807) is 0 Å². The highest BCUT2D eigenvalue weighted by atomic mass is 35.5. The number of amides is 3. The van der Waals surface area contributed by atoms with Gasteiger partial charge < -0.3 is 0 Å². The van der Waals surface area contributed by atoms with Crippen LogP contribution in [0.1, 0.15) is 6.42 Å². The van der Waals surface area contributed by atoms with Crippen molar-refractivity contribution in [2.75, 3.05) is 16.5 Å². The molecule has 2 heterocycles. The molecule has 0 radical (unpaired) electrons. The minimum Gasteiger partial charge on any atom is -0.297 e. The van der Waals surface area contributed by atoms with Gasteiger partial charge in [-0.15, -0.1) is 0 Å². The fraction of sp³-hybridized carbons (Fsp3) is 0.333. The van der Waals surface area contributed by atoms with Crippen molar-refractivity contribution >= 4 is 39.1 Å². The maximum absolute atomic E-state index is 13.9. The topological polar surface area (TPSA) is 74.8 Å². The number of carbonyl (C=O) groups is 2. The molecule has 1 aromatic rings. The number of halogens is 2. The second-order valence-electron chi connectivity index (χ2n) is 4.90. The average Bonchev–Trinajstić information content (AvgIpc) is 2.61. The molecule has 1 atom stereocenters. The van der Waals surface area contributed by atoms with Crippen molar-refractivity contribution < 1.29 is 22.4 Å². The minimum atomic E-state index is -3.40. The minimum absolute atomic E-state index is 0.0264. The zero-order chi connectivity index (χ0) is 15.4. The van der Waals surface area contributed by atoms with Crippen LogP contribution in [0.25, 0.3) is 0 Å². The molecule has 1 aromatic carbocycles. The zero-order valence-corrected chi connectivity index (χ0v) is 12.2. The molecule has 0 N–H and O–H groups in total. The largest absolute Gasteiger partial charge is 0.333 e. The van der Waals surface area contributed by atoms with Gasteiger partial charge in [-0.25, -0.2) is 22.5 Å². The smallest absolute Gasteiger partial charge is 0.297 e. The SMILES string of the molecule is O=C1C2CCS(=O)(=O)CN2C(=O)N1c1ccc(Cl)cc1F. The van der Waals surface area contributed by atoms with E-state index in [1.807, 2.05) is 0 Å².